The number of pyridine rings is 1. The Labute approximate surface area is 150 Å². The second-order valence-electron chi connectivity index (χ2n) is 5.91. The monoisotopic (exact) mass is 353 g/mol. The van der Waals surface area contributed by atoms with Gasteiger partial charge in [0.25, 0.3) is 5.91 Å². The summed E-state index contributed by atoms with van der Waals surface area (Å²) in [5.74, 6) is 2.50. The third-order valence-corrected chi connectivity index (χ3v) is 5.13. The lowest BCUT2D eigenvalue weighted by molar-refractivity contribution is 0.0955. The van der Waals surface area contributed by atoms with Crippen molar-refractivity contribution < 1.29 is 4.79 Å². The Balaban J connectivity index is 1.53. The number of carbonyl (C=O) groups is 1. The van der Waals surface area contributed by atoms with Crippen LogP contribution in [-0.4, -0.2) is 28.1 Å². The third-order valence-electron chi connectivity index (χ3n) is 3.97. The molecule has 1 aliphatic rings. The van der Waals surface area contributed by atoms with Crippen LogP contribution in [0.3, 0.4) is 0 Å². The van der Waals surface area contributed by atoms with E-state index in [1.165, 1.54) is 11.3 Å². The van der Waals surface area contributed by atoms with Crippen LogP contribution < -0.4 is 5.32 Å². The summed E-state index contributed by atoms with van der Waals surface area (Å²) in [6, 6.07) is 5.78. The maximum atomic E-state index is 12.4. The number of nitrogens with one attached hydrogen (secondary N) is 1. The fraction of sp³-hybridized carbons (Fsp3) is 0.389. The molecule has 0 saturated carbocycles. The second-order valence-corrected chi connectivity index (χ2v) is 7.00. The zero-order valence-electron chi connectivity index (χ0n) is 14.0. The standard InChI is InChI=1S/C18H19N5OS/c1-3-4-8-18(22-23-18)9-11-20-17(24)16-13(2)21-15(25-16)12-14-7-5-6-10-19-14/h1,5-7,10H,4,8-9,11-12H2,2H3,(H,20,24). The predicted octanol–water partition coefficient (Wildman–Crippen LogP) is 3.13. The van der Waals surface area contributed by atoms with Gasteiger partial charge in [-0.05, 0) is 19.1 Å². The molecule has 0 fully saturated rings. The number of rotatable bonds is 8. The Kier molecular flexibility index (Phi) is 5.19. The second kappa shape index (κ2) is 7.53. The van der Waals surface area contributed by atoms with Gasteiger partial charge in [0, 0.05) is 44.1 Å². The summed E-state index contributed by atoms with van der Waals surface area (Å²) < 4.78 is 0. The molecule has 0 aromatic carbocycles. The highest BCUT2D eigenvalue weighted by Gasteiger charge is 2.38. The first-order chi connectivity index (χ1) is 12.1. The highest BCUT2D eigenvalue weighted by molar-refractivity contribution is 7.13. The van der Waals surface area contributed by atoms with Gasteiger partial charge < -0.3 is 5.32 Å². The lowest BCUT2D eigenvalue weighted by Gasteiger charge is -2.09. The van der Waals surface area contributed by atoms with Crippen LogP contribution in [0.1, 0.15) is 45.3 Å². The van der Waals surface area contributed by atoms with Crippen LogP contribution in [0.4, 0.5) is 0 Å². The van der Waals surface area contributed by atoms with E-state index in [0.29, 0.717) is 30.7 Å². The van der Waals surface area contributed by atoms with Crippen molar-refractivity contribution in [2.24, 2.45) is 10.2 Å². The molecule has 7 heteroatoms. The fourth-order valence-corrected chi connectivity index (χ4v) is 3.52. The molecule has 1 aliphatic heterocycles. The summed E-state index contributed by atoms with van der Waals surface area (Å²) in [5.41, 5.74) is 1.32. The topological polar surface area (TPSA) is 79.6 Å². The highest BCUT2D eigenvalue weighted by Crippen LogP contribution is 2.36. The molecule has 3 rings (SSSR count). The molecule has 0 unspecified atom stereocenters. The molecule has 1 amide bonds. The van der Waals surface area contributed by atoms with Gasteiger partial charge in [-0.25, -0.2) is 4.98 Å². The van der Waals surface area contributed by atoms with Crippen molar-refractivity contribution in [3.8, 4) is 12.3 Å². The van der Waals surface area contributed by atoms with E-state index in [4.69, 9.17) is 6.42 Å². The van der Waals surface area contributed by atoms with Gasteiger partial charge in [-0.3, -0.25) is 9.78 Å². The number of hydrogen-bond acceptors (Lipinski definition) is 6. The molecule has 0 spiro atoms. The summed E-state index contributed by atoms with van der Waals surface area (Å²) in [6.07, 6.45) is 9.73. The van der Waals surface area contributed by atoms with Gasteiger partial charge >= 0.3 is 0 Å². The van der Waals surface area contributed by atoms with Crippen molar-refractivity contribution in [1.29, 1.82) is 0 Å². The Bertz CT molecular complexity index is 816. The van der Waals surface area contributed by atoms with Gasteiger partial charge in [0.15, 0.2) is 5.66 Å². The Morgan fingerprint density at radius 2 is 2.20 bits per heavy atom. The summed E-state index contributed by atoms with van der Waals surface area (Å²) in [6.45, 7) is 2.37. The van der Waals surface area contributed by atoms with Crippen LogP contribution in [0, 0.1) is 19.3 Å². The minimum Gasteiger partial charge on any atom is -0.351 e. The van der Waals surface area contributed by atoms with Crippen molar-refractivity contribution >= 4 is 17.2 Å². The quantitative estimate of drug-likeness (QED) is 0.741. The van der Waals surface area contributed by atoms with Gasteiger partial charge in [-0.1, -0.05) is 6.07 Å². The van der Waals surface area contributed by atoms with Crippen LogP contribution in [0.15, 0.2) is 34.6 Å². The van der Waals surface area contributed by atoms with Crippen LogP contribution in [0.2, 0.25) is 0 Å². The van der Waals surface area contributed by atoms with Crippen LogP contribution >= 0.6 is 11.3 Å². The van der Waals surface area contributed by atoms with Gasteiger partial charge in [0.1, 0.15) is 4.88 Å². The number of nitrogens with zero attached hydrogens (tertiary/aromatic N) is 4. The van der Waals surface area contributed by atoms with Crippen molar-refractivity contribution in [2.75, 3.05) is 6.54 Å². The van der Waals surface area contributed by atoms with E-state index in [0.717, 1.165) is 22.8 Å². The smallest absolute Gasteiger partial charge is 0.263 e. The van der Waals surface area contributed by atoms with E-state index >= 15 is 0 Å². The zero-order chi connectivity index (χ0) is 17.7. The maximum Gasteiger partial charge on any atom is 0.263 e. The summed E-state index contributed by atoms with van der Waals surface area (Å²) in [7, 11) is 0. The number of amides is 1. The first kappa shape index (κ1) is 17.2. The lowest BCUT2D eigenvalue weighted by atomic mass is 10.0. The molecule has 1 N–H and O–H groups in total. The van der Waals surface area contributed by atoms with Crippen molar-refractivity contribution in [1.82, 2.24) is 15.3 Å². The van der Waals surface area contributed by atoms with Crippen molar-refractivity contribution in [3.63, 3.8) is 0 Å². The number of carbonyl (C=O) groups excluding carboxylic acids is 1. The summed E-state index contributed by atoms with van der Waals surface area (Å²) in [5, 5.41) is 12.0. The molecule has 0 atom stereocenters. The predicted molar refractivity (Wildman–Crippen MR) is 96.5 cm³/mol. The molecule has 128 valence electrons. The average Bonchev–Trinajstić information content (AvgIpc) is 3.29. The number of thiazole rings is 1. The number of terminal acetylenes is 1. The van der Waals surface area contributed by atoms with E-state index in [9.17, 15) is 4.79 Å². The first-order valence-electron chi connectivity index (χ1n) is 8.14. The third kappa shape index (κ3) is 4.48. The van der Waals surface area contributed by atoms with Gasteiger partial charge in [0.05, 0.1) is 10.7 Å². The van der Waals surface area contributed by atoms with E-state index in [1.807, 2.05) is 25.1 Å². The van der Waals surface area contributed by atoms with Gasteiger partial charge in [0.2, 0.25) is 0 Å². The average molecular weight is 353 g/mol. The molecule has 0 radical (unpaired) electrons. The molecule has 2 aromatic rings. The Morgan fingerprint density at radius 3 is 2.88 bits per heavy atom. The fourth-order valence-electron chi connectivity index (χ4n) is 2.52. The van der Waals surface area contributed by atoms with Crippen LogP contribution in [-0.2, 0) is 6.42 Å². The molecule has 6 nitrogen and oxygen atoms in total. The molecule has 0 aliphatic carbocycles. The largest absolute Gasteiger partial charge is 0.351 e. The minimum atomic E-state index is -0.369. The van der Waals surface area contributed by atoms with Crippen LogP contribution in [0.25, 0.3) is 0 Å². The maximum absolute atomic E-state index is 12.4. The molecule has 25 heavy (non-hydrogen) atoms. The van der Waals surface area contributed by atoms with Crippen molar-refractivity contribution in [3.05, 3.63) is 45.7 Å². The molecule has 2 aromatic heterocycles. The number of aryl methyl sites for hydroxylation is 1. The van der Waals surface area contributed by atoms with Crippen LogP contribution in [0.5, 0.6) is 0 Å². The molecular weight excluding hydrogens is 334 g/mol. The van der Waals surface area contributed by atoms with E-state index < -0.39 is 0 Å². The van der Waals surface area contributed by atoms with Crippen molar-refractivity contribution in [2.45, 2.75) is 38.3 Å². The minimum absolute atomic E-state index is 0.102. The summed E-state index contributed by atoms with van der Waals surface area (Å²) in [4.78, 5) is 21.8. The van der Waals surface area contributed by atoms with Gasteiger partial charge in [-0.2, -0.15) is 10.2 Å². The molecule has 0 saturated heterocycles. The molecular formula is C18H19N5OS. The number of aromatic nitrogens is 2. The van der Waals surface area contributed by atoms with E-state index in [2.05, 4.69) is 31.4 Å². The molecule has 3 heterocycles. The Hall–Kier alpha value is -2.59. The Morgan fingerprint density at radius 1 is 1.36 bits per heavy atom. The van der Waals surface area contributed by atoms with E-state index in [-0.39, 0.29) is 11.6 Å². The van der Waals surface area contributed by atoms with Gasteiger partial charge in [-0.15, -0.1) is 23.7 Å². The summed E-state index contributed by atoms with van der Waals surface area (Å²) >= 11 is 1.41. The first-order valence-corrected chi connectivity index (χ1v) is 8.95. The SMILES string of the molecule is C#CCCC1(CCNC(=O)c2sc(Cc3ccccn3)nc2C)N=N1. The highest BCUT2D eigenvalue weighted by atomic mass is 32.1. The van der Waals surface area contributed by atoms with E-state index in [1.54, 1.807) is 6.20 Å². The lowest BCUT2D eigenvalue weighted by Crippen LogP contribution is -2.28. The number of hydrogen-bond donors (Lipinski definition) is 1. The zero-order valence-corrected chi connectivity index (χ0v) is 14.8. The normalized spacial score (nSPS) is 14.1. The molecule has 0 bridgehead atoms.